The van der Waals surface area contributed by atoms with Gasteiger partial charge in [0, 0.05) is 23.7 Å². The molecule has 3 rings (SSSR count). The lowest BCUT2D eigenvalue weighted by atomic mass is 10.0. The highest BCUT2D eigenvalue weighted by Crippen LogP contribution is 2.31. The van der Waals surface area contributed by atoms with Gasteiger partial charge in [-0.1, -0.05) is 0 Å². The first-order valence-corrected chi connectivity index (χ1v) is 7.87. The molecule has 0 radical (unpaired) electrons. The molecule has 2 aromatic heterocycles. The van der Waals surface area contributed by atoms with Crippen LogP contribution in [-0.4, -0.2) is 26.4 Å². The third-order valence-electron chi connectivity index (χ3n) is 3.16. The Morgan fingerprint density at radius 2 is 2.33 bits per heavy atom. The van der Waals surface area contributed by atoms with Crippen LogP contribution in [0.15, 0.2) is 39.3 Å². The SMILES string of the molecule is Cc1ncsc1CC1(N)N=C(n2cccn2)NC(N)=C1Br. The molecule has 0 fully saturated rings. The van der Waals surface area contributed by atoms with Crippen molar-refractivity contribution in [2.45, 2.75) is 19.0 Å². The normalized spacial score (nSPS) is 22.1. The van der Waals surface area contributed by atoms with Gasteiger partial charge in [-0.2, -0.15) is 5.10 Å². The molecule has 2 aromatic rings. The van der Waals surface area contributed by atoms with E-state index >= 15 is 0 Å². The van der Waals surface area contributed by atoms with E-state index in [-0.39, 0.29) is 0 Å². The van der Waals surface area contributed by atoms with E-state index < -0.39 is 5.66 Å². The van der Waals surface area contributed by atoms with Gasteiger partial charge < -0.3 is 16.8 Å². The molecule has 0 saturated carbocycles. The van der Waals surface area contributed by atoms with Crippen LogP contribution in [0.1, 0.15) is 10.6 Å². The van der Waals surface area contributed by atoms with Crippen LogP contribution < -0.4 is 16.8 Å². The van der Waals surface area contributed by atoms with Crippen LogP contribution >= 0.6 is 27.3 Å². The van der Waals surface area contributed by atoms with Gasteiger partial charge in [-0.15, -0.1) is 11.3 Å². The lowest BCUT2D eigenvalue weighted by Crippen LogP contribution is -2.51. The van der Waals surface area contributed by atoms with Gasteiger partial charge in [-0.05, 0) is 28.9 Å². The monoisotopic (exact) mass is 367 g/mol. The highest BCUT2D eigenvalue weighted by atomic mass is 79.9. The number of nitrogens with one attached hydrogen (secondary N) is 1. The standard InChI is InChI=1S/C12H14BrN7S/c1-7-8(21-6-16-7)5-12(15)9(13)10(14)18-11(19-12)20-4-2-3-17-20/h2-4,6H,5,14-15H2,1H3,(H,18,19). The van der Waals surface area contributed by atoms with Crippen molar-refractivity contribution in [3.8, 4) is 0 Å². The Bertz CT molecular complexity index is 718. The van der Waals surface area contributed by atoms with Crippen molar-refractivity contribution in [2.24, 2.45) is 16.5 Å². The molecule has 0 amide bonds. The van der Waals surface area contributed by atoms with Crippen molar-refractivity contribution in [1.29, 1.82) is 0 Å². The minimum absolute atomic E-state index is 0.431. The first-order valence-electron chi connectivity index (χ1n) is 6.20. The fourth-order valence-electron chi connectivity index (χ4n) is 2.03. The van der Waals surface area contributed by atoms with Crippen molar-refractivity contribution in [3.05, 3.63) is 44.8 Å². The van der Waals surface area contributed by atoms with Crippen LogP contribution in [0.3, 0.4) is 0 Å². The van der Waals surface area contributed by atoms with E-state index in [0.29, 0.717) is 22.7 Å². The second-order valence-electron chi connectivity index (χ2n) is 4.70. The molecule has 0 aromatic carbocycles. The van der Waals surface area contributed by atoms with Gasteiger partial charge in [0.1, 0.15) is 5.82 Å². The third-order valence-corrected chi connectivity index (χ3v) is 5.21. The lowest BCUT2D eigenvalue weighted by molar-refractivity contribution is 0.523. The van der Waals surface area contributed by atoms with E-state index in [0.717, 1.165) is 10.6 Å². The highest BCUT2D eigenvalue weighted by Gasteiger charge is 2.36. The fourth-order valence-corrected chi connectivity index (χ4v) is 3.23. The minimum Gasteiger partial charge on any atom is -0.384 e. The summed E-state index contributed by atoms with van der Waals surface area (Å²) in [5, 5.41) is 7.13. The highest BCUT2D eigenvalue weighted by molar-refractivity contribution is 9.11. The fraction of sp³-hybridized carbons (Fsp3) is 0.250. The molecule has 1 aliphatic heterocycles. The van der Waals surface area contributed by atoms with Crippen LogP contribution in [0.5, 0.6) is 0 Å². The maximum absolute atomic E-state index is 6.48. The molecule has 0 saturated heterocycles. The summed E-state index contributed by atoms with van der Waals surface area (Å²) in [7, 11) is 0. The molecule has 0 aliphatic carbocycles. The molecular weight excluding hydrogens is 354 g/mol. The quantitative estimate of drug-likeness (QED) is 0.729. The first kappa shape index (κ1) is 14.2. The van der Waals surface area contributed by atoms with E-state index in [1.54, 1.807) is 40.0 Å². The molecule has 1 atom stereocenters. The van der Waals surface area contributed by atoms with Gasteiger partial charge in [-0.25, -0.2) is 14.7 Å². The average Bonchev–Trinajstić information content (AvgIpc) is 3.08. The molecular formula is C12H14BrN7S. The topological polar surface area (TPSA) is 107 Å². The Hall–Kier alpha value is -1.71. The van der Waals surface area contributed by atoms with Gasteiger partial charge in [-0.3, -0.25) is 0 Å². The molecule has 9 heteroatoms. The largest absolute Gasteiger partial charge is 0.384 e. The molecule has 5 N–H and O–H groups in total. The number of nitrogens with two attached hydrogens (primary N) is 2. The van der Waals surface area contributed by atoms with E-state index in [1.807, 2.05) is 6.92 Å². The minimum atomic E-state index is -0.978. The summed E-state index contributed by atoms with van der Waals surface area (Å²) in [4.78, 5) is 9.90. The number of hydrogen-bond donors (Lipinski definition) is 3. The van der Waals surface area contributed by atoms with E-state index in [1.165, 1.54) is 0 Å². The molecule has 7 nitrogen and oxygen atoms in total. The number of rotatable bonds is 2. The van der Waals surface area contributed by atoms with Gasteiger partial charge in [0.05, 0.1) is 15.7 Å². The predicted octanol–water partition coefficient (Wildman–Crippen LogP) is 0.876. The van der Waals surface area contributed by atoms with Crippen molar-refractivity contribution in [2.75, 3.05) is 0 Å². The number of halogens is 1. The number of aryl methyl sites for hydroxylation is 1. The van der Waals surface area contributed by atoms with Crippen molar-refractivity contribution >= 4 is 33.2 Å². The van der Waals surface area contributed by atoms with E-state index in [9.17, 15) is 0 Å². The van der Waals surface area contributed by atoms with E-state index in [4.69, 9.17) is 11.5 Å². The Kier molecular flexibility index (Phi) is 3.56. The lowest BCUT2D eigenvalue weighted by Gasteiger charge is -2.31. The van der Waals surface area contributed by atoms with Crippen LogP contribution in [0.4, 0.5) is 0 Å². The van der Waals surface area contributed by atoms with Crippen molar-refractivity contribution in [1.82, 2.24) is 20.1 Å². The van der Waals surface area contributed by atoms with Crippen LogP contribution in [0, 0.1) is 6.92 Å². The second-order valence-corrected chi connectivity index (χ2v) is 6.43. The van der Waals surface area contributed by atoms with Gasteiger partial charge in [0.25, 0.3) is 0 Å². The summed E-state index contributed by atoms with van der Waals surface area (Å²) >= 11 is 5.01. The zero-order valence-corrected chi connectivity index (χ0v) is 13.6. The smallest absolute Gasteiger partial charge is 0.227 e. The third kappa shape index (κ3) is 2.59. The molecule has 0 bridgehead atoms. The first-order chi connectivity index (χ1) is 9.99. The zero-order valence-electron chi connectivity index (χ0n) is 11.2. The average molecular weight is 368 g/mol. The molecule has 1 unspecified atom stereocenters. The number of nitrogens with zero attached hydrogens (tertiary/aromatic N) is 4. The van der Waals surface area contributed by atoms with Gasteiger partial charge >= 0.3 is 0 Å². The Balaban J connectivity index is 2.00. The summed E-state index contributed by atoms with van der Waals surface area (Å²) in [5.74, 6) is 0.922. The van der Waals surface area contributed by atoms with Crippen LogP contribution in [0.25, 0.3) is 0 Å². The Morgan fingerprint density at radius 3 is 2.95 bits per heavy atom. The summed E-state index contributed by atoms with van der Waals surface area (Å²) in [6, 6.07) is 1.80. The van der Waals surface area contributed by atoms with Gasteiger partial charge in [0.15, 0.2) is 5.66 Å². The molecule has 1 aliphatic rings. The Labute approximate surface area is 133 Å². The zero-order chi connectivity index (χ0) is 15.0. The molecule has 0 spiro atoms. The van der Waals surface area contributed by atoms with Crippen LogP contribution in [-0.2, 0) is 6.42 Å². The Morgan fingerprint density at radius 1 is 1.52 bits per heavy atom. The van der Waals surface area contributed by atoms with Crippen molar-refractivity contribution in [3.63, 3.8) is 0 Å². The summed E-state index contributed by atoms with van der Waals surface area (Å²) in [5.41, 5.74) is 14.3. The predicted molar refractivity (Wildman–Crippen MR) is 85.8 cm³/mol. The summed E-state index contributed by atoms with van der Waals surface area (Å²) in [6.45, 7) is 1.95. The number of hydrogen-bond acceptors (Lipinski definition) is 7. The summed E-state index contributed by atoms with van der Waals surface area (Å²) in [6.07, 6.45) is 3.95. The number of thiazole rings is 1. The molecule has 110 valence electrons. The molecule has 3 heterocycles. The van der Waals surface area contributed by atoms with Gasteiger partial charge in [0.2, 0.25) is 5.96 Å². The number of aromatic nitrogens is 3. The maximum Gasteiger partial charge on any atom is 0.227 e. The van der Waals surface area contributed by atoms with Crippen molar-refractivity contribution < 1.29 is 0 Å². The van der Waals surface area contributed by atoms with Crippen LogP contribution in [0.2, 0.25) is 0 Å². The number of aliphatic imine (C=N–C) groups is 1. The van der Waals surface area contributed by atoms with E-state index in [2.05, 4.69) is 36.3 Å². The summed E-state index contributed by atoms with van der Waals surface area (Å²) < 4.78 is 2.21. The maximum atomic E-state index is 6.48. The second kappa shape index (κ2) is 5.24. The molecule has 21 heavy (non-hydrogen) atoms.